The Bertz CT molecular complexity index is 1810. The van der Waals surface area contributed by atoms with Gasteiger partial charge in [0.15, 0.2) is 0 Å². The van der Waals surface area contributed by atoms with Gasteiger partial charge in [-0.2, -0.15) is 10.5 Å². The molecule has 0 fully saturated rings. The minimum atomic E-state index is 0.607. The lowest BCUT2D eigenvalue weighted by molar-refractivity contribution is 1.18. The molecule has 2 aromatic heterocycles. The van der Waals surface area contributed by atoms with E-state index < -0.39 is 0 Å². The molecule has 0 unspecified atom stereocenters. The molecule has 0 N–H and O–H groups in total. The van der Waals surface area contributed by atoms with E-state index in [0.29, 0.717) is 11.1 Å². The van der Waals surface area contributed by atoms with Crippen LogP contribution in [0.5, 0.6) is 0 Å². The van der Waals surface area contributed by atoms with E-state index in [1.807, 2.05) is 54.6 Å². The molecular weight excluding hydrogens is 428 g/mol. The summed E-state index contributed by atoms with van der Waals surface area (Å²) in [6, 6.07) is 37.0. The van der Waals surface area contributed by atoms with Crippen molar-refractivity contribution < 1.29 is 0 Å². The lowest BCUT2D eigenvalue weighted by Crippen LogP contribution is -1.97. The van der Waals surface area contributed by atoms with Gasteiger partial charge in [-0.1, -0.05) is 60.7 Å². The third-order valence-electron chi connectivity index (χ3n) is 6.40. The summed E-state index contributed by atoms with van der Waals surface area (Å²) in [5.74, 6) is 0. The van der Waals surface area contributed by atoms with Gasteiger partial charge in [0, 0.05) is 34.3 Å². The Morgan fingerprint density at radius 2 is 1.34 bits per heavy atom. The van der Waals surface area contributed by atoms with Gasteiger partial charge in [0.2, 0.25) is 0 Å². The zero-order valence-electron chi connectivity index (χ0n) is 18.7. The largest absolute Gasteiger partial charge is 0.309 e. The number of hydrogen-bond acceptors (Lipinski definition) is 3. The van der Waals surface area contributed by atoms with Crippen molar-refractivity contribution in [2.75, 3.05) is 0 Å². The highest BCUT2D eigenvalue weighted by Crippen LogP contribution is 2.37. The van der Waals surface area contributed by atoms with E-state index in [0.717, 1.165) is 49.7 Å². The number of fused-ring (bicyclic) bond motifs is 3. The molecule has 0 radical (unpaired) electrons. The summed E-state index contributed by atoms with van der Waals surface area (Å²) in [6.07, 6.45) is 3.37. The van der Waals surface area contributed by atoms with E-state index >= 15 is 0 Å². The first-order chi connectivity index (χ1) is 17.3. The fraction of sp³-hybridized carbons (Fsp3) is 0. The Morgan fingerprint density at radius 3 is 2.14 bits per heavy atom. The highest BCUT2D eigenvalue weighted by atomic mass is 15.0. The molecule has 0 saturated heterocycles. The molecule has 4 nitrogen and oxygen atoms in total. The summed E-state index contributed by atoms with van der Waals surface area (Å²) in [6.45, 7) is 0. The second kappa shape index (κ2) is 8.30. The molecule has 4 aromatic carbocycles. The molecule has 0 aliphatic carbocycles. The van der Waals surface area contributed by atoms with Crippen molar-refractivity contribution in [2.24, 2.45) is 0 Å². The SMILES string of the molecule is N#Cc1ccc2c(c1)c1ccccc1n2-c1ccccc1-c1ccc(-c2cnccc2C#N)cc1. The molecular formula is C31H18N4. The van der Waals surface area contributed by atoms with Crippen molar-refractivity contribution in [2.45, 2.75) is 0 Å². The van der Waals surface area contributed by atoms with Crippen LogP contribution in [0, 0.1) is 22.7 Å². The Morgan fingerprint density at radius 1 is 0.629 bits per heavy atom. The molecule has 4 heteroatoms. The highest BCUT2D eigenvalue weighted by molar-refractivity contribution is 6.10. The van der Waals surface area contributed by atoms with Crippen LogP contribution in [0.4, 0.5) is 0 Å². The van der Waals surface area contributed by atoms with Gasteiger partial charge < -0.3 is 4.57 Å². The van der Waals surface area contributed by atoms with Gasteiger partial charge in [-0.3, -0.25) is 4.98 Å². The second-order valence-corrected chi connectivity index (χ2v) is 8.32. The van der Waals surface area contributed by atoms with Crippen LogP contribution in [0.3, 0.4) is 0 Å². The van der Waals surface area contributed by atoms with Crippen LogP contribution < -0.4 is 0 Å². The van der Waals surface area contributed by atoms with Gasteiger partial charge >= 0.3 is 0 Å². The first-order valence-electron chi connectivity index (χ1n) is 11.3. The quantitative estimate of drug-likeness (QED) is 0.287. The molecule has 162 valence electrons. The van der Waals surface area contributed by atoms with Gasteiger partial charge in [-0.25, -0.2) is 0 Å². The number of rotatable bonds is 3. The Balaban J connectivity index is 1.55. The highest BCUT2D eigenvalue weighted by Gasteiger charge is 2.16. The van der Waals surface area contributed by atoms with Gasteiger partial charge in [0.1, 0.15) is 0 Å². The number of pyridine rings is 1. The maximum absolute atomic E-state index is 9.46. The molecule has 2 heterocycles. The number of nitriles is 2. The normalized spacial score (nSPS) is 10.8. The summed E-state index contributed by atoms with van der Waals surface area (Å²) in [5.41, 5.74) is 8.42. The monoisotopic (exact) mass is 446 g/mol. The van der Waals surface area contributed by atoms with Crippen LogP contribution in [0.2, 0.25) is 0 Å². The maximum atomic E-state index is 9.46. The minimum absolute atomic E-state index is 0.607. The number of para-hydroxylation sites is 2. The topological polar surface area (TPSA) is 65.4 Å². The minimum Gasteiger partial charge on any atom is -0.309 e. The van der Waals surface area contributed by atoms with Crippen molar-refractivity contribution >= 4 is 21.8 Å². The summed E-state index contributed by atoms with van der Waals surface area (Å²) in [5, 5.41) is 21.1. The molecule has 6 rings (SSSR count). The number of nitrogens with zero attached hydrogens (tertiary/aromatic N) is 4. The first kappa shape index (κ1) is 20.4. The van der Waals surface area contributed by atoms with Crippen molar-refractivity contribution in [3.63, 3.8) is 0 Å². The van der Waals surface area contributed by atoms with Gasteiger partial charge in [0.25, 0.3) is 0 Å². The van der Waals surface area contributed by atoms with Crippen LogP contribution in [-0.4, -0.2) is 9.55 Å². The van der Waals surface area contributed by atoms with Crippen molar-refractivity contribution in [1.82, 2.24) is 9.55 Å². The summed E-state index contributed by atoms with van der Waals surface area (Å²) >= 11 is 0. The summed E-state index contributed by atoms with van der Waals surface area (Å²) < 4.78 is 2.27. The van der Waals surface area contributed by atoms with E-state index in [1.165, 1.54) is 0 Å². The van der Waals surface area contributed by atoms with E-state index in [-0.39, 0.29) is 0 Å². The Labute approximate surface area is 202 Å². The summed E-state index contributed by atoms with van der Waals surface area (Å²) in [7, 11) is 0. The lowest BCUT2D eigenvalue weighted by atomic mass is 9.98. The molecule has 0 spiro atoms. The Hall–Kier alpha value is -5.19. The average Bonchev–Trinajstić information content (AvgIpc) is 3.26. The molecule has 35 heavy (non-hydrogen) atoms. The van der Waals surface area contributed by atoms with Gasteiger partial charge in [-0.15, -0.1) is 0 Å². The second-order valence-electron chi connectivity index (χ2n) is 8.32. The molecule has 0 bridgehead atoms. The zero-order chi connectivity index (χ0) is 23.8. The molecule has 0 aliphatic rings. The molecule has 0 atom stereocenters. The van der Waals surface area contributed by atoms with Crippen LogP contribution in [0.1, 0.15) is 11.1 Å². The number of hydrogen-bond donors (Lipinski definition) is 0. The van der Waals surface area contributed by atoms with Crippen molar-refractivity contribution in [1.29, 1.82) is 10.5 Å². The van der Waals surface area contributed by atoms with Gasteiger partial charge in [0.05, 0.1) is 40.0 Å². The van der Waals surface area contributed by atoms with Crippen molar-refractivity contribution in [3.05, 3.63) is 121 Å². The van der Waals surface area contributed by atoms with Crippen LogP contribution in [0.25, 0.3) is 49.7 Å². The van der Waals surface area contributed by atoms with Crippen LogP contribution >= 0.6 is 0 Å². The number of benzene rings is 4. The smallest absolute Gasteiger partial charge is 0.0999 e. The number of aromatic nitrogens is 2. The zero-order valence-corrected chi connectivity index (χ0v) is 18.7. The van der Waals surface area contributed by atoms with E-state index in [9.17, 15) is 10.5 Å². The van der Waals surface area contributed by atoms with Crippen LogP contribution in [0.15, 0.2) is 109 Å². The third-order valence-corrected chi connectivity index (χ3v) is 6.40. The third kappa shape index (κ3) is 3.33. The predicted octanol–water partition coefficient (Wildman–Crippen LogP) is 7.26. The predicted molar refractivity (Wildman–Crippen MR) is 139 cm³/mol. The molecule has 0 aliphatic heterocycles. The van der Waals surface area contributed by atoms with E-state index in [2.05, 4.69) is 58.1 Å². The average molecular weight is 447 g/mol. The molecule has 0 saturated carbocycles. The van der Waals surface area contributed by atoms with E-state index in [4.69, 9.17) is 0 Å². The summed E-state index contributed by atoms with van der Waals surface area (Å²) in [4.78, 5) is 4.19. The van der Waals surface area contributed by atoms with Gasteiger partial charge in [-0.05, 0) is 47.5 Å². The molecule has 6 aromatic rings. The maximum Gasteiger partial charge on any atom is 0.0999 e. The fourth-order valence-electron chi connectivity index (χ4n) is 4.77. The standard InChI is InChI=1S/C31H18N4/c32-18-21-9-14-31-27(17-21)26-6-2-4-8-30(26)35(31)29-7-3-1-5-25(29)22-10-12-23(13-11-22)28-20-34-16-15-24(28)19-33/h1-17,20H. The van der Waals surface area contributed by atoms with Crippen LogP contribution in [-0.2, 0) is 0 Å². The first-order valence-corrected chi connectivity index (χ1v) is 11.3. The fourth-order valence-corrected chi connectivity index (χ4v) is 4.77. The molecule has 0 amide bonds. The van der Waals surface area contributed by atoms with E-state index in [1.54, 1.807) is 18.5 Å². The lowest BCUT2D eigenvalue weighted by Gasteiger charge is -2.14. The Kier molecular flexibility index (Phi) is 4.84. The van der Waals surface area contributed by atoms with Crippen molar-refractivity contribution in [3.8, 4) is 40.1 Å².